The fourth-order valence-corrected chi connectivity index (χ4v) is 1.00. The Balaban J connectivity index is -0.0000000800. The van der Waals surface area contributed by atoms with Gasteiger partial charge in [0.15, 0.2) is 0 Å². The Hall–Kier alpha value is 1.06. The Bertz CT molecular complexity index is 173. The van der Waals surface area contributed by atoms with Gasteiger partial charge in [-0.3, -0.25) is 0 Å². The molecular weight excluding hydrogens is 250 g/mol. The molecule has 0 fully saturated rings. The van der Waals surface area contributed by atoms with Crippen molar-refractivity contribution in [1.82, 2.24) is 0 Å². The predicted molar refractivity (Wildman–Crippen MR) is 35.4 cm³/mol. The minimum absolute atomic E-state index is 0. The maximum atomic E-state index is 3.26. The van der Waals surface area contributed by atoms with Crippen molar-refractivity contribution in [3.05, 3.63) is 22.8 Å². The summed E-state index contributed by atoms with van der Waals surface area (Å²) in [6.07, 6.45) is 4.41. The second-order valence-corrected chi connectivity index (χ2v) is 2.49. The van der Waals surface area contributed by atoms with Gasteiger partial charge in [0.2, 0.25) is 0 Å². The second-order valence-electron chi connectivity index (χ2n) is 2.49. The minimum Gasteiger partial charge on any atom is -1.00 e. The summed E-state index contributed by atoms with van der Waals surface area (Å²) in [5, 5.41) is 0. The molecule has 1 rings (SSSR count). The third-order valence-electron chi connectivity index (χ3n) is 1.57. The molecule has 0 unspecified atom stereocenters. The zero-order valence-electron chi connectivity index (χ0n) is 7.34. The topological polar surface area (TPSA) is 0 Å². The van der Waals surface area contributed by atoms with Crippen molar-refractivity contribution in [2.24, 2.45) is 0 Å². The summed E-state index contributed by atoms with van der Waals surface area (Å²) in [5.41, 5.74) is 4.19. The summed E-state index contributed by atoms with van der Waals surface area (Å²) in [5.74, 6) is 0. The van der Waals surface area contributed by atoms with Gasteiger partial charge in [-0.25, -0.2) is 17.2 Å². The molecule has 1 aliphatic carbocycles. The smallest absolute Gasteiger partial charge is 1.00 e. The van der Waals surface area contributed by atoms with E-state index in [1.165, 1.54) is 16.7 Å². The largest absolute Gasteiger partial charge is 4.00 e. The van der Waals surface area contributed by atoms with Crippen molar-refractivity contribution in [2.45, 2.75) is 27.2 Å². The van der Waals surface area contributed by atoms with Crippen molar-refractivity contribution in [1.29, 1.82) is 0 Å². The molecule has 0 heterocycles. The minimum atomic E-state index is 0. The maximum Gasteiger partial charge on any atom is 4.00 e. The van der Waals surface area contributed by atoms with Gasteiger partial charge in [-0.05, 0) is 0 Å². The van der Waals surface area contributed by atoms with E-state index in [4.69, 9.17) is 0 Å². The summed E-state index contributed by atoms with van der Waals surface area (Å²) in [6, 6.07) is 0. The van der Waals surface area contributed by atoms with E-state index in [1.54, 1.807) is 0 Å². The molecule has 0 radical (unpaired) electrons. The molecule has 0 aliphatic heterocycles. The predicted octanol–water partition coefficient (Wildman–Crippen LogP) is -6.51. The third kappa shape index (κ3) is 6.57. The average Bonchev–Trinajstić information content (AvgIpc) is 1.85. The molecule has 0 aromatic carbocycles. The summed E-state index contributed by atoms with van der Waals surface area (Å²) in [7, 11) is 0. The van der Waals surface area contributed by atoms with E-state index in [0.29, 0.717) is 0 Å². The molecule has 0 aromatic rings. The molecule has 0 saturated heterocycles. The van der Waals surface area contributed by atoms with E-state index in [2.05, 4.69) is 26.8 Å². The molecule has 0 atom stereocenters. The molecule has 1 aliphatic rings. The fraction of sp³-hybridized carbons (Fsp3) is 0.500. The summed E-state index contributed by atoms with van der Waals surface area (Å²) >= 11 is 0. The van der Waals surface area contributed by atoms with E-state index in [1.807, 2.05) is 0 Å². The Morgan fingerprint density at radius 2 is 1.42 bits per heavy atom. The first-order chi connectivity index (χ1) is 3.70. The van der Waals surface area contributed by atoms with Gasteiger partial charge >= 0.3 is 21.7 Å². The van der Waals surface area contributed by atoms with E-state index in [-0.39, 0.29) is 58.9 Å². The molecule has 12 heavy (non-hydrogen) atoms. The normalized spacial score (nSPS) is 13.1. The van der Waals surface area contributed by atoms with Crippen LogP contribution in [0.5, 0.6) is 0 Å². The van der Waals surface area contributed by atoms with Gasteiger partial charge in [0.25, 0.3) is 0 Å². The molecule has 68 valence electrons. The Labute approximate surface area is 108 Å². The summed E-state index contributed by atoms with van der Waals surface area (Å²) < 4.78 is 0. The van der Waals surface area contributed by atoms with Crippen LogP contribution in [0.3, 0.4) is 0 Å². The first-order valence-electron chi connectivity index (χ1n) is 2.96. The van der Waals surface area contributed by atoms with Gasteiger partial charge < -0.3 is 37.2 Å². The van der Waals surface area contributed by atoms with Crippen LogP contribution in [0, 0.1) is 6.08 Å². The van der Waals surface area contributed by atoms with Crippen molar-refractivity contribution < 1.29 is 58.9 Å². The quantitative estimate of drug-likeness (QED) is 0.301. The fourth-order valence-electron chi connectivity index (χ4n) is 1.00. The number of rotatable bonds is 0. The molecule has 0 saturated carbocycles. The zero-order valence-corrected chi connectivity index (χ0v) is 11.2. The molecule has 0 bridgehead atoms. The first-order valence-corrected chi connectivity index (χ1v) is 2.96. The van der Waals surface area contributed by atoms with Crippen LogP contribution in [0.4, 0.5) is 0 Å². The number of hydrogen-bond donors (Lipinski definition) is 0. The van der Waals surface area contributed by atoms with E-state index in [9.17, 15) is 0 Å². The van der Waals surface area contributed by atoms with Crippen LogP contribution in [0.2, 0.25) is 0 Å². The first kappa shape index (κ1) is 23.1. The number of allylic oxidation sites excluding steroid dienone is 4. The van der Waals surface area contributed by atoms with Crippen LogP contribution in [0.15, 0.2) is 16.7 Å². The molecular formula is C8H11Cl3Ti. The van der Waals surface area contributed by atoms with Crippen LogP contribution in [-0.4, -0.2) is 0 Å². The molecule has 0 spiro atoms. The van der Waals surface area contributed by atoms with Crippen LogP contribution < -0.4 is 37.2 Å². The molecule has 0 amide bonds. The van der Waals surface area contributed by atoms with Gasteiger partial charge in [-0.1, -0.05) is 20.3 Å². The van der Waals surface area contributed by atoms with E-state index >= 15 is 0 Å². The molecule has 4 heteroatoms. The second kappa shape index (κ2) is 10.1. The van der Waals surface area contributed by atoms with Gasteiger partial charge in [-0.2, -0.15) is 5.57 Å². The van der Waals surface area contributed by atoms with Gasteiger partial charge in [0, 0.05) is 0 Å². The number of halogens is 3. The van der Waals surface area contributed by atoms with E-state index in [0.717, 1.165) is 6.42 Å². The van der Waals surface area contributed by atoms with Crippen molar-refractivity contribution in [2.75, 3.05) is 0 Å². The van der Waals surface area contributed by atoms with Crippen molar-refractivity contribution in [3.63, 3.8) is 0 Å². The van der Waals surface area contributed by atoms with E-state index < -0.39 is 0 Å². The summed E-state index contributed by atoms with van der Waals surface area (Å²) in [6.45, 7) is 6.41. The Morgan fingerprint density at radius 1 is 1.00 bits per heavy atom. The van der Waals surface area contributed by atoms with Crippen LogP contribution in [0.25, 0.3) is 0 Å². The Morgan fingerprint density at radius 3 is 1.50 bits per heavy atom. The summed E-state index contributed by atoms with van der Waals surface area (Å²) in [4.78, 5) is 0. The number of hydrogen-bond acceptors (Lipinski definition) is 0. The van der Waals surface area contributed by atoms with Gasteiger partial charge in [0.1, 0.15) is 0 Å². The average molecular weight is 261 g/mol. The van der Waals surface area contributed by atoms with Crippen LogP contribution in [0.1, 0.15) is 27.2 Å². The standard InChI is InChI=1S/C8H11.3ClH.Ti/c1-6-4-7(2)8(3)5-6;;;;/h4H2,1-3H3;3*1H;/q-1;;;;+4/p-3. The maximum absolute atomic E-state index is 3.26. The van der Waals surface area contributed by atoms with Gasteiger partial charge in [0.05, 0.1) is 0 Å². The zero-order chi connectivity index (χ0) is 6.15. The SMILES string of the molecule is CC1=[C-]C(C)=C(C)C1.[Cl-].[Cl-].[Cl-].[Ti+4]. The monoisotopic (exact) mass is 260 g/mol. The van der Waals surface area contributed by atoms with Crippen LogP contribution >= 0.6 is 0 Å². The molecule has 0 nitrogen and oxygen atoms in total. The Kier molecular flexibility index (Phi) is 19.6. The van der Waals surface area contributed by atoms with Crippen LogP contribution in [-0.2, 0) is 21.7 Å². The van der Waals surface area contributed by atoms with Crippen molar-refractivity contribution in [3.8, 4) is 0 Å². The van der Waals surface area contributed by atoms with Crippen molar-refractivity contribution >= 4 is 0 Å². The third-order valence-corrected chi connectivity index (χ3v) is 1.57. The van der Waals surface area contributed by atoms with Gasteiger partial charge in [-0.15, -0.1) is 6.92 Å². The molecule has 0 N–H and O–H groups in total. The molecule has 0 aromatic heterocycles.